The Morgan fingerprint density at radius 3 is 2.62 bits per heavy atom. The molecule has 0 aromatic carbocycles. The van der Waals surface area contributed by atoms with E-state index in [9.17, 15) is 14.7 Å². The first-order valence-corrected chi connectivity index (χ1v) is 7.25. The Bertz CT molecular complexity index is 550. The molecule has 21 heavy (non-hydrogen) atoms. The molecule has 1 fully saturated rings. The summed E-state index contributed by atoms with van der Waals surface area (Å²) in [6.07, 6.45) is 4.39. The Hall–Kier alpha value is -1.85. The molecular weight excluding hydrogens is 270 g/mol. The Labute approximate surface area is 124 Å². The Morgan fingerprint density at radius 1 is 1.43 bits per heavy atom. The van der Waals surface area contributed by atoms with Gasteiger partial charge in [-0.25, -0.2) is 4.98 Å². The number of amides is 1. The number of carbonyl (C=O) groups excluding carboxylic acids is 1. The van der Waals surface area contributed by atoms with Crippen LogP contribution in [0.2, 0.25) is 0 Å². The molecule has 0 bridgehead atoms. The topological polar surface area (TPSA) is 84.2 Å². The van der Waals surface area contributed by atoms with E-state index in [-0.39, 0.29) is 29.2 Å². The molecule has 2 rings (SSSR count). The van der Waals surface area contributed by atoms with Gasteiger partial charge in [-0.2, -0.15) is 0 Å². The lowest BCUT2D eigenvalue weighted by Gasteiger charge is -2.46. The van der Waals surface area contributed by atoms with Gasteiger partial charge in [-0.1, -0.05) is 20.8 Å². The summed E-state index contributed by atoms with van der Waals surface area (Å²) in [6.45, 7) is 5.96. The molecule has 1 aliphatic carbocycles. The summed E-state index contributed by atoms with van der Waals surface area (Å²) in [5.41, 5.74) is 0.162. The molecule has 1 amide bonds. The van der Waals surface area contributed by atoms with E-state index in [1.54, 1.807) is 17.9 Å². The first-order chi connectivity index (χ1) is 9.75. The van der Waals surface area contributed by atoms with Crippen LogP contribution in [0.4, 0.5) is 0 Å². The molecule has 2 N–H and O–H groups in total. The highest BCUT2D eigenvalue weighted by Crippen LogP contribution is 2.45. The minimum atomic E-state index is -0.747. The van der Waals surface area contributed by atoms with Crippen LogP contribution in [0.5, 0.6) is 0 Å². The fraction of sp³-hybridized carbons (Fsp3) is 0.667. The van der Waals surface area contributed by atoms with Crippen LogP contribution in [-0.2, 0) is 11.8 Å². The zero-order chi connectivity index (χ0) is 15.8. The maximum atomic E-state index is 12.3. The first-order valence-electron chi connectivity index (χ1n) is 7.25. The number of aryl methyl sites for hydroxylation is 1. The summed E-state index contributed by atoms with van der Waals surface area (Å²) in [5.74, 6) is -1.18. The van der Waals surface area contributed by atoms with Crippen molar-refractivity contribution in [3.8, 4) is 0 Å². The van der Waals surface area contributed by atoms with E-state index in [4.69, 9.17) is 0 Å². The molecule has 3 unspecified atom stereocenters. The Kier molecular flexibility index (Phi) is 4.07. The monoisotopic (exact) mass is 293 g/mol. The molecule has 1 saturated carbocycles. The number of carboxylic acids is 1. The largest absolute Gasteiger partial charge is 0.481 e. The van der Waals surface area contributed by atoms with Crippen molar-refractivity contribution in [3.63, 3.8) is 0 Å². The van der Waals surface area contributed by atoms with Gasteiger partial charge in [0.25, 0.3) is 5.91 Å². The lowest BCUT2D eigenvalue weighted by Crippen LogP contribution is -2.52. The molecule has 116 valence electrons. The van der Waals surface area contributed by atoms with Gasteiger partial charge in [0.15, 0.2) is 0 Å². The van der Waals surface area contributed by atoms with Gasteiger partial charge in [0.05, 0.1) is 18.4 Å². The summed E-state index contributed by atoms with van der Waals surface area (Å²) >= 11 is 0. The van der Waals surface area contributed by atoms with Gasteiger partial charge in [-0.05, 0) is 24.2 Å². The molecule has 0 radical (unpaired) electrons. The SMILES string of the molecule is CC1C(NC(=O)c2cncn2C)CCC(C(=O)O)C1(C)C. The van der Waals surface area contributed by atoms with Crippen molar-refractivity contribution in [2.75, 3.05) is 0 Å². The maximum absolute atomic E-state index is 12.3. The molecule has 6 heteroatoms. The molecule has 0 aliphatic heterocycles. The second-order valence-corrected chi connectivity index (χ2v) is 6.55. The zero-order valence-corrected chi connectivity index (χ0v) is 13.0. The number of aromatic nitrogens is 2. The number of nitrogens with one attached hydrogen (secondary N) is 1. The Morgan fingerprint density at radius 2 is 2.10 bits per heavy atom. The van der Waals surface area contributed by atoms with Crippen molar-refractivity contribution in [2.24, 2.45) is 24.3 Å². The second kappa shape index (κ2) is 5.50. The number of hydrogen-bond acceptors (Lipinski definition) is 3. The quantitative estimate of drug-likeness (QED) is 0.888. The average molecular weight is 293 g/mol. The van der Waals surface area contributed by atoms with Gasteiger partial charge in [0.1, 0.15) is 5.69 Å². The number of imidazole rings is 1. The molecular formula is C15H23N3O3. The van der Waals surface area contributed by atoms with Crippen molar-refractivity contribution in [2.45, 2.75) is 39.7 Å². The van der Waals surface area contributed by atoms with Crippen LogP contribution in [0.1, 0.15) is 44.1 Å². The highest BCUT2D eigenvalue weighted by Gasteiger charge is 2.46. The van der Waals surface area contributed by atoms with Gasteiger partial charge < -0.3 is 15.0 Å². The van der Waals surface area contributed by atoms with E-state index in [1.165, 1.54) is 6.20 Å². The number of aliphatic carboxylic acids is 1. The summed E-state index contributed by atoms with van der Waals surface area (Å²) in [4.78, 5) is 27.6. The summed E-state index contributed by atoms with van der Waals surface area (Å²) < 4.78 is 1.67. The van der Waals surface area contributed by atoms with Crippen molar-refractivity contribution >= 4 is 11.9 Å². The van der Waals surface area contributed by atoms with E-state index in [0.29, 0.717) is 18.5 Å². The van der Waals surface area contributed by atoms with Crippen LogP contribution in [0, 0.1) is 17.3 Å². The molecule has 3 atom stereocenters. The molecule has 1 heterocycles. The van der Waals surface area contributed by atoms with Crippen molar-refractivity contribution in [3.05, 3.63) is 18.2 Å². The molecule has 0 saturated heterocycles. The van der Waals surface area contributed by atoms with E-state index in [0.717, 1.165) is 0 Å². The number of carbonyl (C=O) groups is 2. The summed E-state index contributed by atoms with van der Waals surface area (Å²) in [5, 5.41) is 12.4. The number of rotatable bonds is 3. The van der Waals surface area contributed by atoms with E-state index >= 15 is 0 Å². The van der Waals surface area contributed by atoms with Crippen LogP contribution >= 0.6 is 0 Å². The number of nitrogens with zero attached hydrogens (tertiary/aromatic N) is 2. The average Bonchev–Trinajstić information content (AvgIpc) is 2.81. The smallest absolute Gasteiger partial charge is 0.307 e. The molecule has 1 aliphatic rings. The summed E-state index contributed by atoms with van der Waals surface area (Å²) in [6, 6.07) is -0.0157. The highest BCUT2D eigenvalue weighted by atomic mass is 16.4. The van der Waals surface area contributed by atoms with Gasteiger partial charge in [0, 0.05) is 13.1 Å². The first kappa shape index (κ1) is 15.5. The fourth-order valence-corrected chi connectivity index (χ4v) is 3.26. The third-order valence-electron chi connectivity index (χ3n) is 5.11. The van der Waals surface area contributed by atoms with E-state index < -0.39 is 5.97 Å². The predicted molar refractivity (Wildman–Crippen MR) is 77.8 cm³/mol. The number of carboxylic acid groups (broad SMARTS) is 1. The van der Waals surface area contributed by atoms with Crippen LogP contribution in [0.3, 0.4) is 0 Å². The van der Waals surface area contributed by atoms with Crippen LogP contribution in [0.15, 0.2) is 12.5 Å². The van der Waals surface area contributed by atoms with Crippen molar-refractivity contribution < 1.29 is 14.7 Å². The highest BCUT2D eigenvalue weighted by molar-refractivity contribution is 5.92. The third kappa shape index (κ3) is 2.80. The minimum absolute atomic E-state index is 0.0157. The summed E-state index contributed by atoms with van der Waals surface area (Å²) in [7, 11) is 1.77. The minimum Gasteiger partial charge on any atom is -0.481 e. The van der Waals surface area contributed by atoms with E-state index in [1.807, 2.05) is 20.8 Å². The lowest BCUT2D eigenvalue weighted by atomic mass is 9.61. The lowest BCUT2D eigenvalue weighted by molar-refractivity contribution is -0.150. The maximum Gasteiger partial charge on any atom is 0.307 e. The van der Waals surface area contributed by atoms with Gasteiger partial charge >= 0.3 is 5.97 Å². The molecule has 0 spiro atoms. The van der Waals surface area contributed by atoms with Crippen molar-refractivity contribution in [1.82, 2.24) is 14.9 Å². The normalized spacial score (nSPS) is 28.1. The fourth-order valence-electron chi connectivity index (χ4n) is 3.26. The van der Waals surface area contributed by atoms with Gasteiger partial charge in [-0.15, -0.1) is 0 Å². The van der Waals surface area contributed by atoms with Crippen LogP contribution in [0.25, 0.3) is 0 Å². The standard InChI is InChI=1S/C15H23N3O3/c1-9-11(6-5-10(14(20)21)15(9,2)3)17-13(19)12-7-16-8-18(12)4/h7-11H,5-6H2,1-4H3,(H,17,19)(H,20,21). The second-order valence-electron chi connectivity index (χ2n) is 6.55. The number of hydrogen-bond donors (Lipinski definition) is 2. The van der Waals surface area contributed by atoms with Crippen molar-refractivity contribution in [1.29, 1.82) is 0 Å². The third-order valence-corrected chi connectivity index (χ3v) is 5.11. The van der Waals surface area contributed by atoms with Crippen LogP contribution < -0.4 is 5.32 Å². The van der Waals surface area contributed by atoms with Gasteiger partial charge in [0.2, 0.25) is 0 Å². The predicted octanol–water partition coefficient (Wildman–Crippen LogP) is 1.68. The zero-order valence-electron chi connectivity index (χ0n) is 13.0. The molecule has 1 aromatic rings. The van der Waals surface area contributed by atoms with E-state index in [2.05, 4.69) is 10.3 Å². The van der Waals surface area contributed by atoms with Gasteiger partial charge in [-0.3, -0.25) is 9.59 Å². The Balaban J connectivity index is 2.11. The molecule has 1 aromatic heterocycles. The molecule has 6 nitrogen and oxygen atoms in total. The van der Waals surface area contributed by atoms with Crippen LogP contribution in [-0.4, -0.2) is 32.6 Å².